The summed E-state index contributed by atoms with van der Waals surface area (Å²) in [6, 6.07) is 0.471. The summed E-state index contributed by atoms with van der Waals surface area (Å²) in [6.07, 6.45) is 7.37. The minimum Gasteiger partial charge on any atom is -0.382 e. The highest BCUT2D eigenvalue weighted by atomic mass is 32.2. The quantitative estimate of drug-likeness (QED) is 0.922. The number of piperidine rings is 1. The van der Waals surface area contributed by atoms with Gasteiger partial charge in [-0.2, -0.15) is 4.37 Å². The number of rotatable bonds is 3. The molecular formula is C14H23N3O2S2. The molecule has 2 aliphatic rings. The van der Waals surface area contributed by atoms with E-state index in [0.29, 0.717) is 12.0 Å². The molecule has 1 saturated carbocycles. The SMILES string of the molecule is CCS(=O)(=O)c1c(N)nsc1N1CCC[C@H]2CCCC[C@H]21. The summed E-state index contributed by atoms with van der Waals surface area (Å²) in [5.41, 5.74) is 5.87. The highest BCUT2D eigenvalue weighted by Gasteiger charge is 2.37. The molecule has 1 aliphatic heterocycles. The van der Waals surface area contributed by atoms with Crippen LogP contribution >= 0.6 is 11.5 Å². The number of nitrogens with zero attached hydrogens (tertiary/aromatic N) is 2. The average Bonchev–Trinajstić information content (AvgIpc) is 2.89. The van der Waals surface area contributed by atoms with Gasteiger partial charge in [0.05, 0.1) is 5.75 Å². The Hall–Kier alpha value is -0.820. The number of nitrogen functional groups attached to an aromatic ring is 1. The maximum absolute atomic E-state index is 12.4. The third-order valence-electron chi connectivity index (χ3n) is 4.85. The van der Waals surface area contributed by atoms with Crippen LogP contribution in [0.2, 0.25) is 0 Å². The topological polar surface area (TPSA) is 76.3 Å². The molecule has 7 heteroatoms. The van der Waals surface area contributed by atoms with Gasteiger partial charge in [0.15, 0.2) is 15.7 Å². The number of fused-ring (bicyclic) bond motifs is 1. The fraction of sp³-hybridized carbons (Fsp3) is 0.786. The van der Waals surface area contributed by atoms with E-state index in [1.807, 2.05) is 0 Å². The first-order chi connectivity index (χ1) is 10.0. The molecule has 1 aromatic heterocycles. The van der Waals surface area contributed by atoms with Gasteiger partial charge < -0.3 is 10.6 Å². The molecule has 2 N–H and O–H groups in total. The van der Waals surface area contributed by atoms with Crippen molar-refractivity contribution in [3.8, 4) is 0 Å². The summed E-state index contributed by atoms with van der Waals surface area (Å²) in [5.74, 6) is 0.952. The van der Waals surface area contributed by atoms with Crippen LogP contribution in [0.3, 0.4) is 0 Å². The monoisotopic (exact) mass is 329 g/mol. The normalized spacial score (nSPS) is 26.6. The zero-order chi connectivity index (χ0) is 15.0. The van der Waals surface area contributed by atoms with Crippen molar-refractivity contribution < 1.29 is 8.42 Å². The summed E-state index contributed by atoms with van der Waals surface area (Å²) in [6.45, 7) is 2.59. The molecule has 0 unspecified atom stereocenters. The third kappa shape index (κ3) is 2.65. The molecule has 21 heavy (non-hydrogen) atoms. The smallest absolute Gasteiger partial charge is 0.184 e. The molecule has 2 atom stereocenters. The van der Waals surface area contributed by atoms with E-state index in [9.17, 15) is 8.42 Å². The predicted octanol–water partition coefficient (Wildman–Crippen LogP) is 2.68. The van der Waals surface area contributed by atoms with Gasteiger partial charge in [0.2, 0.25) is 0 Å². The van der Waals surface area contributed by atoms with E-state index < -0.39 is 9.84 Å². The van der Waals surface area contributed by atoms with E-state index in [1.165, 1.54) is 37.2 Å². The minimum absolute atomic E-state index is 0.0740. The molecule has 0 amide bonds. The van der Waals surface area contributed by atoms with E-state index in [0.717, 1.165) is 24.4 Å². The van der Waals surface area contributed by atoms with Crippen molar-refractivity contribution in [2.24, 2.45) is 5.92 Å². The standard InChI is InChI=1S/C14H23N3O2S2/c1-2-21(18,19)12-13(15)16-20-14(12)17-9-5-7-10-6-3-4-8-11(10)17/h10-11H,2-9H2,1H3,(H2,15,16)/t10-,11-/m1/s1. The zero-order valence-electron chi connectivity index (χ0n) is 12.4. The van der Waals surface area contributed by atoms with Crippen LogP contribution in [0.1, 0.15) is 45.4 Å². The summed E-state index contributed by atoms with van der Waals surface area (Å²) >= 11 is 1.25. The molecule has 5 nitrogen and oxygen atoms in total. The van der Waals surface area contributed by atoms with E-state index >= 15 is 0 Å². The number of anilines is 2. The van der Waals surface area contributed by atoms with Gasteiger partial charge in [0.1, 0.15) is 9.90 Å². The first-order valence-electron chi connectivity index (χ1n) is 7.79. The highest BCUT2D eigenvalue weighted by Crippen LogP contribution is 2.43. The van der Waals surface area contributed by atoms with Crippen molar-refractivity contribution in [3.63, 3.8) is 0 Å². The molecule has 0 radical (unpaired) electrons. The van der Waals surface area contributed by atoms with Crippen LogP contribution in [0.25, 0.3) is 0 Å². The zero-order valence-corrected chi connectivity index (χ0v) is 14.0. The summed E-state index contributed by atoms with van der Waals surface area (Å²) in [7, 11) is -3.32. The van der Waals surface area contributed by atoms with Gasteiger partial charge >= 0.3 is 0 Å². The largest absolute Gasteiger partial charge is 0.382 e. The maximum atomic E-state index is 12.4. The molecule has 0 spiro atoms. The second-order valence-corrected chi connectivity index (χ2v) is 9.02. The lowest BCUT2D eigenvalue weighted by molar-refractivity contribution is 0.244. The molecule has 1 saturated heterocycles. The molecule has 1 aromatic rings. The van der Waals surface area contributed by atoms with Gasteiger partial charge in [-0.25, -0.2) is 8.42 Å². The molecule has 2 fully saturated rings. The van der Waals surface area contributed by atoms with Crippen molar-refractivity contribution in [3.05, 3.63) is 0 Å². The predicted molar refractivity (Wildman–Crippen MR) is 86.6 cm³/mol. The first-order valence-corrected chi connectivity index (χ1v) is 10.2. The van der Waals surface area contributed by atoms with Gasteiger partial charge in [-0.1, -0.05) is 19.8 Å². The van der Waals surface area contributed by atoms with Crippen molar-refractivity contribution in [1.82, 2.24) is 4.37 Å². The van der Waals surface area contributed by atoms with Crippen LogP contribution < -0.4 is 10.6 Å². The number of nitrogens with two attached hydrogens (primary N) is 1. The van der Waals surface area contributed by atoms with Crippen molar-refractivity contribution >= 4 is 32.2 Å². The van der Waals surface area contributed by atoms with Gasteiger partial charge in [0, 0.05) is 12.6 Å². The summed E-state index contributed by atoms with van der Waals surface area (Å²) in [4.78, 5) is 2.57. The Labute approximate surface area is 130 Å². The number of hydrogen-bond donors (Lipinski definition) is 1. The third-order valence-corrected chi connectivity index (χ3v) is 7.67. The Bertz CT molecular complexity index is 610. The molecular weight excluding hydrogens is 306 g/mol. The van der Waals surface area contributed by atoms with Gasteiger partial charge in [0.25, 0.3) is 0 Å². The molecule has 118 valence electrons. The molecule has 1 aliphatic carbocycles. The van der Waals surface area contributed by atoms with Gasteiger partial charge in [-0.3, -0.25) is 0 Å². The summed E-state index contributed by atoms with van der Waals surface area (Å²) < 4.78 is 28.9. The first kappa shape index (κ1) is 15.1. The molecule has 0 aromatic carbocycles. The van der Waals surface area contributed by atoms with Gasteiger partial charge in [-0.15, -0.1) is 0 Å². The number of sulfone groups is 1. The fourth-order valence-corrected chi connectivity index (χ4v) is 6.16. The Morgan fingerprint density at radius 1 is 1.29 bits per heavy atom. The van der Waals surface area contributed by atoms with E-state index in [2.05, 4.69) is 9.27 Å². The average molecular weight is 329 g/mol. The van der Waals surface area contributed by atoms with Crippen LogP contribution in [-0.2, 0) is 9.84 Å². The summed E-state index contributed by atoms with van der Waals surface area (Å²) in [5, 5.41) is 0.783. The Balaban J connectivity index is 2.00. The van der Waals surface area contributed by atoms with Crippen molar-refractivity contribution in [1.29, 1.82) is 0 Å². The van der Waals surface area contributed by atoms with Crippen molar-refractivity contribution in [2.75, 3.05) is 22.9 Å². The minimum atomic E-state index is -3.32. The van der Waals surface area contributed by atoms with Crippen LogP contribution in [0.5, 0.6) is 0 Å². The Kier molecular flexibility index (Phi) is 4.14. The number of hydrogen-bond acceptors (Lipinski definition) is 6. The van der Waals surface area contributed by atoms with Crippen LogP contribution in [0, 0.1) is 5.92 Å². The highest BCUT2D eigenvalue weighted by molar-refractivity contribution is 7.91. The molecule has 2 heterocycles. The fourth-order valence-electron chi connectivity index (χ4n) is 3.78. The van der Waals surface area contributed by atoms with Gasteiger partial charge in [-0.05, 0) is 43.1 Å². The van der Waals surface area contributed by atoms with Crippen LogP contribution in [0.4, 0.5) is 10.8 Å². The lowest BCUT2D eigenvalue weighted by Crippen LogP contribution is -2.47. The van der Waals surface area contributed by atoms with Crippen LogP contribution in [-0.4, -0.2) is 31.1 Å². The van der Waals surface area contributed by atoms with Crippen molar-refractivity contribution in [2.45, 2.75) is 56.4 Å². The van der Waals surface area contributed by atoms with E-state index in [-0.39, 0.29) is 16.5 Å². The Morgan fingerprint density at radius 3 is 2.76 bits per heavy atom. The molecule has 0 bridgehead atoms. The number of aromatic nitrogens is 1. The molecule has 3 rings (SSSR count). The second-order valence-electron chi connectivity index (χ2n) is 6.05. The Morgan fingerprint density at radius 2 is 2.00 bits per heavy atom. The lowest BCUT2D eigenvalue weighted by Gasteiger charge is -2.44. The second kappa shape index (κ2) is 5.76. The van der Waals surface area contributed by atoms with E-state index in [1.54, 1.807) is 6.92 Å². The van der Waals surface area contributed by atoms with E-state index in [4.69, 9.17) is 5.73 Å². The lowest BCUT2D eigenvalue weighted by atomic mass is 9.78. The maximum Gasteiger partial charge on any atom is 0.184 e. The van der Waals surface area contributed by atoms with Crippen LogP contribution in [0.15, 0.2) is 4.90 Å².